The zero-order valence-electron chi connectivity index (χ0n) is 13.4. The molecule has 0 radical (unpaired) electrons. The van der Waals surface area contributed by atoms with Crippen molar-refractivity contribution in [1.29, 1.82) is 0 Å². The van der Waals surface area contributed by atoms with Crippen LogP contribution in [0.25, 0.3) is 0 Å². The summed E-state index contributed by atoms with van der Waals surface area (Å²) in [7, 11) is 0. The molecule has 0 aliphatic heterocycles. The molecule has 0 bridgehead atoms. The number of rotatable bonds is 4. The summed E-state index contributed by atoms with van der Waals surface area (Å²) in [5.74, 6) is -0.947. The Morgan fingerprint density at radius 1 is 1.32 bits per heavy atom. The summed E-state index contributed by atoms with van der Waals surface area (Å²) in [5, 5.41) is 12.3. The molecule has 2 aromatic carbocycles. The third-order valence-corrected chi connectivity index (χ3v) is 4.85. The zero-order chi connectivity index (χ0) is 17.9. The van der Waals surface area contributed by atoms with Crippen LogP contribution in [0, 0.1) is 5.82 Å². The van der Waals surface area contributed by atoms with E-state index < -0.39 is 17.2 Å². The first-order valence-electron chi connectivity index (χ1n) is 7.95. The molecular formula is C19H17ClFNO3. The molecule has 0 aromatic heterocycles. The largest absolute Gasteiger partial charge is 0.461 e. The maximum atomic E-state index is 14.4. The minimum atomic E-state index is -0.877. The molecule has 1 N–H and O–H groups in total. The first-order chi connectivity index (χ1) is 12.1. The average molecular weight is 362 g/mol. The summed E-state index contributed by atoms with van der Waals surface area (Å²) < 4.78 is 19.8. The second-order valence-electron chi connectivity index (χ2n) is 6.08. The molecule has 3 rings (SSSR count). The molecule has 0 heterocycles. The predicted octanol–water partition coefficient (Wildman–Crippen LogP) is 4.37. The number of carbonyl (C=O) groups excluding carboxylic acids is 1. The summed E-state index contributed by atoms with van der Waals surface area (Å²) in [6, 6.07) is 11.8. The Morgan fingerprint density at radius 3 is 2.80 bits per heavy atom. The number of ether oxygens (including phenoxy) is 1. The lowest BCUT2D eigenvalue weighted by atomic mass is 9.71. The second kappa shape index (κ2) is 7.23. The molecule has 0 amide bonds. The highest BCUT2D eigenvalue weighted by Gasteiger charge is 2.38. The molecule has 1 atom stereocenters. The van der Waals surface area contributed by atoms with Crippen LogP contribution >= 0.6 is 11.6 Å². The standard InChI is InChI=1S/C19H17ClFNO3/c20-16-9-8-15-14(17(16)21)7-4-10-19(15,11-22-24)12-25-18(23)13-5-2-1-3-6-13/h1-3,5-6,8-9,11,24H,4,7,10,12H2/b22-11+. The molecule has 1 aliphatic carbocycles. The summed E-state index contributed by atoms with van der Waals surface area (Å²) in [6.07, 6.45) is 3.10. The van der Waals surface area contributed by atoms with Gasteiger partial charge in [-0.1, -0.05) is 35.9 Å². The molecule has 0 saturated heterocycles. The second-order valence-corrected chi connectivity index (χ2v) is 6.49. The van der Waals surface area contributed by atoms with Crippen molar-refractivity contribution in [3.8, 4) is 0 Å². The summed E-state index contributed by atoms with van der Waals surface area (Å²) in [4.78, 5) is 12.2. The van der Waals surface area contributed by atoms with Crippen molar-refractivity contribution < 1.29 is 19.1 Å². The number of carbonyl (C=O) groups is 1. The van der Waals surface area contributed by atoms with Crippen LogP contribution in [0.2, 0.25) is 5.02 Å². The topological polar surface area (TPSA) is 58.9 Å². The van der Waals surface area contributed by atoms with E-state index in [1.165, 1.54) is 12.3 Å². The maximum absolute atomic E-state index is 14.4. The van der Waals surface area contributed by atoms with Gasteiger partial charge in [0.1, 0.15) is 12.4 Å². The van der Waals surface area contributed by atoms with Gasteiger partial charge >= 0.3 is 5.97 Å². The number of halogens is 2. The predicted molar refractivity (Wildman–Crippen MR) is 93.0 cm³/mol. The van der Waals surface area contributed by atoms with E-state index in [1.807, 2.05) is 0 Å². The smallest absolute Gasteiger partial charge is 0.338 e. The minimum absolute atomic E-state index is 0.0428. The lowest BCUT2D eigenvalue weighted by molar-refractivity contribution is 0.0438. The van der Waals surface area contributed by atoms with Gasteiger partial charge in [-0.3, -0.25) is 0 Å². The van der Waals surface area contributed by atoms with Crippen LogP contribution in [0.3, 0.4) is 0 Å². The van der Waals surface area contributed by atoms with Gasteiger partial charge in [0.05, 0.1) is 22.2 Å². The van der Waals surface area contributed by atoms with Crippen molar-refractivity contribution in [1.82, 2.24) is 0 Å². The quantitative estimate of drug-likeness (QED) is 0.381. The van der Waals surface area contributed by atoms with Crippen molar-refractivity contribution in [3.05, 3.63) is 70.0 Å². The molecular weight excluding hydrogens is 345 g/mol. The fraction of sp³-hybridized carbons (Fsp3) is 0.263. The molecule has 25 heavy (non-hydrogen) atoms. The Morgan fingerprint density at radius 2 is 2.08 bits per heavy atom. The third kappa shape index (κ3) is 3.37. The van der Waals surface area contributed by atoms with Crippen LogP contribution in [0.5, 0.6) is 0 Å². The van der Waals surface area contributed by atoms with E-state index in [4.69, 9.17) is 21.5 Å². The van der Waals surface area contributed by atoms with Gasteiger partial charge in [0, 0.05) is 0 Å². The van der Waals surface area contributed by atoms with Crippen molar-refractivity contribution in [2.24, 2.45) is 5.16 Å². The van der Waals surface area contributed by atoms with Crippen molar-refractivity contribution in [2.45, 2.75) is 24.7 Å². The Hall–Kier alpha value is -2.40. The maximum Gasteiger partial charge on any atom is 0.338 e. The number of fused-ring (bicyclic) bond motifs is 1. The number of oxime groups is 1. The summed E-state index contributed by atoms with van der Waals surface area (Å²) in [5.41, 5.74) is 0.670. The van der Waals surface area contributed by atoms with Gasteiger partial charge in [0.25, 0.3) is 0 Å². The van der Waals surface area contributed by atoms with Gasteiger partial charge in [-0.15, -0.1) is 5.16 Å². The lowest BCUT2D eigenvalue weighted by Gasteiger charge is -2.35. The monoisotopic (exact) mass is 361 g/mol. The van der Waals surface area contributed by atoms with Gasteiger partial charge in [0.2, 0.25) is 0 Å². The van der Waals surface area contributed by atoms with Crippen LogP contribution in [-0.2, 0) is 16.6 Å². The molecule has 0 saturated carbocycles. The van der Waals surface area contributed by atoms with Crippen LogP contribution in [0.1, 0.15) is 34.3 Å². The van der Waals surface area contributed by atoms with Gasteiger partial charge in [0.15, 0.2) is 0 Å². The fourth-order valence-corrected chi connectivity index (χ4v) is 3.48. The molecule has 6 heteroatoms. The van der Waals surface area contributed by atoms with Crippen molar-refractivity contribution in [2.75, 3.05) is 6.61 Å². The lowest BCUT2D eigenvalue weighted by Crippen LogP contribution is -2.38. The van der Waals surface area contributed by atoms with Crippen LogP contribution in [-0.4, -0.2) is 24.0 Å². The van der Waals surface area contributed by atoms with E-state index in [0.29, 0.717) is 36.0 Å². The number of esters is 1. The van der Waals surface area contributed by atoms with E-state index in [2.05, 4.69) is 5.16 Å². The first kappa shape index (κ1) is 17.4. The Labute approximate surface area is 149 Å². The molecule has 0 fully saturated rings. The van der Waals surface area contributed by atoms with Gasteiger partial charge < -0.3 is 9.94 Å². The number of benzene rings is 2. The zero-order valence-corrected chi connectivity index (χ0v) is 14.2. The Balaban J connectivity index is 1.92. The Bertz CT molecular complexity index is 810. The summed E-state index contributed by atoms with van der Waals surface area (Å²) >= 11 is 5.88. The van der Waals surface area contributed by atoms with E-state index in [-0.39, 0.29) is 11.6 Å². The Kier molecular flexibility index (Phi) is 5.04. The number of hydrogen-bond donors (Lipinski definition) is 1. The molecule has 0 spiro atoms. The third-order valence-electron chi connectivity index (χ3n) is 4.56. The summed E-state index contributed by atoms with van der Waals surface area (Å²) in [6.45, 7) is -0.0428. The molecule has 130 valence electrons. The van der Waals surface area contributed by atoms with Crippen LogP contribution in [0.4, 0.5) is 4.39 Å². The first-order valence-corrected chi connectivity index (χ1v) is 8.33. The molecule has 1 unspecified atom stereocenters. The van der Waals surface area contributed by atoms with E-state index in [9.17, 15) is 9.18 Å². The molecule has 2 aromatic rings. The van der Waals surface area contributed by atoms with Crippen LogP contribution < -0.4 is 0 Å². The normalized spacial score (nSPS) is 19.6. The van der Waals surface area contributed by atoms with E-state index in [0.717, 1.165) is 0 Å². The highest BCUT2D eigenvalue weighted by molar-refractivity contribution is 6.30. The van der Waals surface area contributed by atoms with Crippen molar-refractivity contribution >= 4 is 23.8 Å². The van der Waals surface area contributed by atoms with Gasteiger partial charge in [-0.2, -0.15) is 0 Å². The highest BCUT2D eigenvalue weighted by Crippen LogP contribution is 2.39. The number of hydrogen-bond acceptors (Lipinski definition) is 4. The SMILES string of the molecule is O=C(OCC1(/C=N/O)CCCc2c1ccc(Cl)c2F)c1ccccc1. The van der Waals surface area contributed by atoms with E-state index >= 15 is 0 Å². The number of nitrogens with zero attached hydrogens (tertiary/aromatic N) is 1. The van der Waals surface area contributed by atoms with Gasteiger partial charge in [-0.25, -0.2) is 9.18 Å². The van der Waals surface area contributed by atoms with Crippen molar-refractivity contribution in [3.63, 3.8) is 0 Å². The average Bonchev–Trinajstić information content (AvgIpc) is 2.64. The van der Waals surface area contributed by atoms with Crippen LogP contribution in [0.15, 0.2) is 47.6 Å². The fourth-order valence-electron chi connectivity index (χ4n) is 3.30. The molecule has 4 nitrogen and oxygen atoms in total. The molecule has 1 aliphatic rings. The van der Waals surface area contributed by atoms with E-state index in [1.54, 1.807) is 36.4 Å². The highest BCUT2D eigenvalue weighted by atomic mass is 35.5. The minimum Gasteiger partial charge on any atom is -0.461 e. The van der Waals surface area contributed by atoms with Gasteiger partial charge in [-0.05, 0) is 48.6 Å².